The van der Waals surface area contributed by atoms with E-state index >= 15 is 0 Å². The number of nitrogens with zero attached hydrogens (tertiary/aromatic N) is 1. The van der Waals surface area contributed by atoms with Crippen LogP contribution in [0.5, 0.6) is 0 Å². The first-order chi connectivity index (χ1) is 10.9. The van der Waals surface area contributed by atoms with Crippen LogP contribution in [0.15, 0.2) is 53.7 Å². The van der Waals surface area contributed by atoms with Crippen LogP contribution in [0.2, 0.25) is 0 Å². The molecule has 118 valence electrons. The zero-order valence-electron chi connectivity index (χ0n) is 12.2. The Bertz CT molecular complexity index is 962. The highest BCUT2D eigenvalue weighted by atomic mass is 32.2. The number of amides is 1. The number of aromatic amines is 1. The van der Waals surface area contributed by atoms with E-state index in [2.05, 4.69) is 20.0 Å². The van der Waals surface area contributed by atoms with Gasteiger partial charge >= 0.3 is 0 Å². The topological polar surface area (TPSA) is 104 Å². The third-order valence-electron chi connectivity index (χ3n) is 3.16. The Labute approximate surface area is 132 Å². The highest BCUT2D eigenvalue weighted by Crippen LogP contribution is 2.20. The monoisotopic (exact) mass is 330 g/mol. The molecule has 0 atom stereocenters. The molecule has 1 heterocycles. The molecule has 0 spiro atoms. The van der Waals surface area contributed by atoms with Gasteiger partial charge in [0.05, 0.1) is 22.3 Å². The fourth-order valence-corrected chi connectivity index (χ4v) is 3.21. The molecule has 0 radical (unpaired) electrons. The normalized spacial score (nSPS) is 11.3. The van der Waals surface area contributed by atoms with E-state index in [1.54, 1.807) is 30.3 Å². The Hall–Kier alpha value is -2.87. The predicted octanol–water partition coefficient (Wildman–Crippen LogP) is 2.32. The number of benzene rings is 2. The quantitative estimate of drug-likeness (QED) is 0.683. The summed E-state index contributed by atoms with van der Waals surface area (Å²) in [6.45, 7) is 1.40. The van der Waals surface area contributed by atoms with Gasteiger partial charge < -0.3 is 10.3 Å². The molecule has 8 heteroatoms. The molecule has 0 unspecified atom stereocenters. The first-order valence-corrected chi connectivity index (χ1v) is 8.26. The highest BCUT2D eigenvalue weighted by molar-refractivity contribution is 7.92. The number of anilines is 2. The Morgan fingerprint density at radius 1 is 1.09 bits per heavy atom. The number of sulfonamides is 1. The number of carbonyl (C=O) groups is 1. The summed E-state index contributed by atoms with van der Waals surface area (Å²) >= 11 is 0. The zero-order chi connectivity index (χ0) is 16.4. The van der Waals surface area contributed by atoms with E-state index in [1.165, 1.54) is 25.4 Å². The van der Waals surface area contributed by atoms with Crippen molar-refractivity contribution in [2.45, 2.75) is 11.8 Å². The number of H-pyrrole nitrogens is 1. The molecule has 3 N–H and O–H groups in total. The second kappa shape index (κ2) is 5.73. The van der Waals surface area contributed by atoms with Crippen LogP contribution in [0, 0.1) is 0 Å². The van der Waals surface area contributed by atoms with Crippen LogP contribution in [0.25, 0.3) is 11.0 Å². The summed E-state index contributed by atoms with van der Waals surface area (Å²) in [6, 6.07) is 11.1. The summed E-state index contributed by atoms with van der Waals surface area (Å²) in [7, 11) is -3.70. The molecular weight excluding hydrogens is 316 g/mol. The molecule has 0 saturated heterocycles. The summed E-state index contributed by atoms with van der Waals surface area (Å²) in [6.07, 6.45) is 1.51. The minimum Gasteiger partial charge on any atom is -0.345 e. The Morgan fingerprint density at radius 3 is 2.48 bits per heavy atom. The fourth-order valence-electron chi connectivity index (χ4n) is 2.12. The van der Waals surface area contributed by atoms with Gasteiger partial charge in [-0.2, -0.15) is 0 Å². The number of hydrogen-bond donors (Lipinski definition) is 3. The van der Waals surface area contributed by atoms with E-state index in [1.807, 2.05) is 0 Å². The van der Waals surface area contributed by atoms with E-state index in [0.717, 1.165) is 0 Å². The number of aromatic nitrogens is 2. The molecule has 0 aliphatic rings. The summed E-state index contributed by atoms with van der Waals surface area (Å²) < 4.78 is 27.3. The van der Waals surface area contributed by atoms with E-state index in [-0.39, 0.29) is 10.8 Å². The molecule has 0 aliphatic carbocycles. The Balaban J connectivity index is 1.83. The van der Waals surface area contributed by atoms with Gasteiger partial charge in [-0.25, -0.2) is 13.4 Å². The lowest BCUT2D eigenvalue weighted by Gasteiger charge is -2.09. The van der Waals surface area contributed by atoms with Crippen LogP contribution in [0.3, 0.4) is 0 Å². The highest BCUT2D eigenvalue weighted by Gasteiger charge is 2.15. The second-order valence-electron chi connectivity index (χ2n) is 4.95. The van der Waals surface area contributed by atoms with Crippen molar-refractivity contribution in [3.63, 3.8) is 0 Å². The number of fused-ring (bicyclic) bond motifs is 1. The number of nitrogens with one attached hydrogen (secondary N) is 3. The largest absolute Gasteiger partial charge is 0.345 e. The van der Waals surface area contributed by atoms with Crippen molar-refractivity contribution >= 4 is 38.3 Å². The first-order valence-electron chi connectivity index (χ1n) is 6.78. The van der Waals surface area contributed by atoms with Gasteiger partial charge in [0.25, 0.3) is 10.0 Å². The predicted molar refractivity (Wildman–Crippen MR) is 87.6 cm³/mol. The maximum absolute atomic E-state index is 12.4. The van der Waals surface area contributed by atoms with Crippen LogP contribution in [0.1, 0.15) is 6.92 Å². The summed E-state index contributed by atoms with van der Waals surface area (Å²) in [5.74, 6) is -0.189. The van der Waals surface area contributed by atoms with Crippen LogP contribution in [0.4, 0.5) is 11.4 Å². The summed E-state index contributed by atoms with van der Waals surface area (Å²) in [5.41, 5.74) is 2.35. The maximum atomic E-state index is 12.4. The van der Waals surface area contributed by atoms with Crippen molar-refractivity contribution in [2.24, 2.45) is 0 Å². The van der Waals surface area contributed by atoms with Crippen LogP contribution >= 0.6 is 0 Å². The third-order valence-corrected chi connectivity index (χ3v) is 4.54. The molecule has 1 aromatic heterocycles. The van der Waals surface area contributed by atoms with E-state index in [4.69, 9.17) is 0 Å². The van der Waals surface area contributed by atoms with Gasteiger partial charge in [0, 0.05) is 18.3 Å². The lowest BCUT2D eigenvalue weighted by atomic mass is 10.3. The zero-order valence-corrected chi connectivity index (χ0v) is 13.0. The molecule has 3 rings (SSSR count). The smallest absolute Gasteiger partial charge is 0.261 e. The molecule has 0 aliphatic heterocycles. The molecular formula is C15H14N4O3S. The van der Waals surface area contributed by atoms with Gasteiger partial charge in [-0.1, -0.05) is 0 Å². The van der Waals surface area contributed by atoms with Crippen molar-refractivity contribution in [2.75, 3.05) is 10.0 Å². The number of rotatable bonds is 4. The molecule has 0 saturated carbocycles. The summed E-state index contributed by atoms with van der Waals surface area (Å²) in [5, 5.41) is 2.62. The van der Waals surface area contributed by atoms with Gasteiger partial charge in [0.1, 0.15) is 0 Å². The van der Waals surface area contributed by atoms with E-state index in [0.29, 0.717) is 22.4 Å². The molecule has 23 heavy (non-hydrogen) atoms. The van der Waals surface area contributed by atoms with Crippen molar-refractivity contribution < 1.29 is 13.2 Å². The SMILES string of the molecule is CC(=O)Nc1ccc(NS(=O)(=O)c2ccc3nc[nH]c3c2)cc1. The van der Waals surface area contributed by atoms with E-state index in [9.17, 15) is 13.2 Å². The lowest BCUT2D eigenvalue weighted by molar-refractivity contribution is -0.114. The molecule has 0 fully saturated rings. The van der Waals surface area contributed by atoms with Crippen LogP contribution < -0.4 is 10.0 Å². The van der Waals surface area contributed by atoms with Crippen molar-refractivity contribution in [1.82, 2.24) is 9.97 Å². The van der Waals surface area contributed by atoms with Gasteiger partial charge in [-0.05, 0) is 42.5 Å². The number of hydrogen-bond acceptors (Lipinski definition) is 4. The van der Waals surface area contributed by atoms with Gasteiger partial charge in [-0.15, -0.1) is 0 Å². The minimum atomic E-state index is -3.70. The van der Waals surface area contributed by atoms with Crippen molar-refractivity contribution in [3.8, 4) is 0 Å². The van der Waals surface area contributed by atoms with E-state index < -0.39 is 10.0 Å². The average Bonchev–Trinajstić information content (AvgIpc) is 2.96. The number of imidazole rings is 1. The second-order valence-corrected chi connectivity index (χ2v) is 6.63. The Kier molecular flexibility index (Phi) is 3.75. The van der Waals surface area contributed by atoms with Crippen LogP contribution in [-0.2, 0) is 14.8 Å². The van der Waals surface area contributed by atoms with Gasteiger partial charge in [-0.3, -0.25) is 9.52 Å². The lowest BCUT2D eigenvalue weighted by Crippen LogP contribution is -2.13. The maximum Gasteiger partial charge on any atom is 0.261 e. The molecule has 7 nitrogen and oxygen atoms in total. The van der Waals surface area contributed by atoms with Gasteiger partial charge in [0.2, 0.25) is 5.91 Å². The number of carbonyl (C=O) groups excluding carboxylic acids is 1. The molecule has 1 amide bonds. The molecule has 3 aromatic rings. The summed E-state index contributed by atoms with van der Waals surface area (Å²) in [4.78, 5) is 18.0. The first kappa shape index (κ1) is 15.0. The molecule has 2 aromatic carbocycles. The standard InChI is InChI=1S/C15H14N4O3S/c1-10(20)18-11-2-4-12(5-3-11)19-23(21,22)13-6-7-14-15(8-13)17-9-16-14/h2-9,19H,1H3,(H,16,17)(H,18,20). The average molecular weight is 330 g/mol. The van der Waals surface area contributed by atoms with Gasteiger partial charge in [0.15, 0.2) is 0 Å². The fraction of sp³-hybridized carbons (Fsp3) is 0.0667. The third kappa shape index (κ3) is 3.32. The Morgan fingerprint density at radius 2 is 1.78 bits per heavy atom. The van der Waals surface area contributed by atoms with Crippen molar-refractivity contribution in [3.05, 3.63) is 48.8 Å². The minimum absolute atomic E-state index is 0.139. The molecule has 0 bridgehead atoms. The van der Waals surface area contributed by atoms with Crippen molar-refractivity contribution in [1.29, 1.82) is 0 Å². The van der Waals surface area contributed by atoms with Crippen LogP contribution in [-0.4, -0.2) is 24.3 Å².